The molecule has 1 amide bonds. The predicted octanol–water partition coefficient (Wildman–Crippen LogP) is 3.66. The Morgan fingerprint density at radius 3 is 2.73 bits per heavy atom. The van der Waals surface area contributed by atoms with Crippen molar-refractivity contribution in [2.75, 3.05) is 6.54 Å². The van der Waals surface area contributed by atoms with E-state index in [0.717, 1.165) is 23.4 Å². The summed E-state index contributed by atoms with van der Waals surface area (Å²) < 4.78 is 5.40. The number of rotatable bonds is 4. The highest BCUT2D eigenvalue weighted by molar-refractivity contribution is 5.95. The SMILES string of the molecule is Cc1cc(C(=O)NCCc2c(C)[nH]c3ccccc23)c(C)o1. The van der Waals surface area contributed by atoms with Gasteiger partial charge < -0.3 is 14.7 Å². The molecule has 0 spiro atoms. The molecule has 0 radical (unpaired) electrons. The Labute approximate surface area is 129 Å². The third-order valence-corrected chi connectivity index (χ3v) is 3.97. The van der Waals surface area contributed by atoms with E-state index < -0.39 is 0 Å². The van der Waals surface area contributed by atoms with Crippen LogP contribution in [0.3, 0.4) is 0 Å². The van der Waals surface area contributed by atoms with Crippen molar-refractivity contribution in [2.24, 2.45) is 0 Å². The minimum Gasteiger partial charge on any atom is -0.466 e. The van der Waals surface area contributed by atoms with Gasteiger partial charge in [-0.05, 0) is 44.9 Å². The number of carbonyl (C=O) groups excluding carboxylic acids is 1. The monoisotopic (exact) mass is 296 g/mol. The molecule has 0 aliphatic heterocycles. The second kappa shape index (κ2) is 5.72. The van der Waals surface area contributed by atoms with Crippen LogP contribution >= 0.6 is 0 Å². The number of carbonyl (C=O) groups is 1. The van der Waals surface area contributed by atoms with Crippen LogP contribution in [-0.4, -0.2) is 17.4 Å². The zero-order valence-electron chi connectivity index (χ0n) is 13.1. The van der Waals surface area contributed by atoms with Gasteiger partial charge in [0.25, 0.3) is 5.91 Å². The van der Waals surface area contributed by atoms with Gasteiger partial charge in [-0.1, -0.05) is 18.2 Å². The maximum atomic E-state index is 12.2. The van der Waals surface area contributed by atoms with Gasteiger partial charge in [-0.25, -0.2) is 0 Å². The molecule has 114 valence electrons. The molecular formula is C18H20N2O2. The number of nitrogens with one attached hydrogen (secondary N) is 2. The Morgan fingerprint density at radius 2 is 2.00 bits per heavy atom. The zero-order chi connectivity index (χ0) is 15.7. The lowest BCUT2D eigenvalue weighted by Crippen LogP contribution is -2.26. The normalized spacial score (nSPS) is 11.0. The molecule has 2 heterocycles. The highest BCUT2D eigenvalue weighted by atomic mass is 16.3. The minimum atomic E-state index is -0.0770. The summed E-state index contributed by atoms with van der Waals surface area (Å²) in [7, 11) is 0. The summed E-state index contributed by atoms with van der Waals surface area (Å²) in [6.45, 7) is 6.33. The predicted molar refractivity (Wildman–Crippen MR) is 87.3 cm³/mol. The molecule has 2 N–H and O–H groups in total. The van der Waals surface area contributed by atoms with E-state index in [1.165, 1.54) is 10.9 Å². The summed E-state index contributed by atoms with van der Waals surface area (Å²) in [5, 5.41) is 4.20. The summed E-state index contributed by atoms with van der Waals surface area (Å²) in [4.78, 5) is 15.6. The summed E-state index contributed by atoms with van der Waals surface area (Å²) >= 11 is 0. The van der Waals surface area contributed by atoms with Crippen molar-refractivity contribution in [1.82, 2.24) is 10.3 Å². The Morgan fingerprint density at radius 1 is 1.23 bits per heavy atom. The molecule has 0 bridgehead atoms. The van der Waals surface area contributed by atoms with Crippen molar-refractivity contribution < 1.29 is 9.21 Å². The third-order valence-electron chi connectivity index (χ3n) is 3.97. The molecule has 4 nitrogen and oxygen atoms in total. The van der Waals surface area contributed by atoms with Crippen LogP contribution in [0.25, 0.3) is 10.9 Å². The summed E-state index contributed by atoms with van der Waals surface area (Å²) in [5.41, 5.74) is 4.18. The third kappa shape index (κ3) is 2.64. The number of para-hydroxylation sites is 1. The van der Waals surface area contributed by atoms with E-state index in [2.05, 4.69) is 29.4 Å². The minimum absolute atomic E-state index is 0.0770. The van der Waals surface area contributed by atoms with Gasteiger partial charge in [0.2, 0.25) is 0 Å². The highest BCUT2D eigenvalue weighted by Crippen LogP contribution is 2.22. The average Bonchev–Trinajstić information content (AvgIpc) is 2.98. The van der Waals surface area contributed by atoms with E-state index in [4.69, 9.17) is 4.42 Å². The van der Waals surface area contributed by atoms with Crippen LogP contribution < -0.4 is 5.32 Å². The topological polar surface area (TPSA) is 58.0 Å². The highest BCUT2D eigenvalue weighted by Gasteiger charge is 2.13. The van der Waals surface area contributed by atoms with Gasteiger partial charge >= 0.3 is 0 Å². The molecule has 22 heavy (non-hydrogen) atoms. The zero-order valence-corrected chi connectivity index (χ0v) is 13.1. The first kappa shape index (κ1) is 14.4. The molecule has 0 saturated carbocycles. The number of aromatic nitrogens is 1. The number of hydrogen-bond donors (Lipinski definition) is 2. The quantitative estimate of drug-likeness (QED) is 0.772. The van der Waals surface area contributed by atoms with Gasteiger partial charge in [-0.15, -0.1) is 0 Å². The second-order valence-electron chi connectivity index (χ2n) is 5.61. The fourth-order valence-electron chi connectivity index (χ4n) is 2.91. The van der Waals surface area contributed by atoms with Gasteiger partial charge in [-0.3, -0.25) is 4.79 Å². The van der Waals surface area contributed by atoms with E-state index in [1.807, 2.05) is 26.0 Å². The molecule has 0 saturated heterocycles. The van der Waals surface area contributed by atoms with Gasteiger partial charge in [-0.2, -0.15) is 0 Å². The summed E-state index contributed by atoms with van der Waals surface area (Å²) in [6.07, 6.45) is 0.803. The van der Waals surface area contributed by atoms with Gasteiger partial charge in [0.05, 0.1) is 5.56 Å². The fourth-order valence-corrected chi connectivity index (χ4v) is 2.91. The first-order chi connectivity index (χ1) is 10.6. The van der Waals surface area contributed by atoms with Crippen LogP contribution in [0.2, 0.25) is 0 Å². The molecule has 1 aromatic carbocycles. The number of aromatic amines is 1. The molecule has 0 fully saturated rings. The average molecular weight is 296 g/mol. The van der Waals surface area contributed by atoms with Crippen molar-refractivity contribution in [3.8, 4) is 0 Å². The molecule has 0 aliphatic carbocycles. The Bertz CT molecular complexity index is 827. The van der Waals surface area contributed by atoms with E-state index in [1.54, 1.807) is 6.07 Å². The summed E-state index contributed by atoms with van der Waals surface area (Å²) in [6, 6.07) is 10.0. The van der Waals surface area contributed by atoms with Crippen LogP contribution in [0.4, 0.5) is 0 Å². The standard InChI is InChI=1S/C18H20N2O2/c1-11-10-16(13(3)22-11)18(21)19-9-8-14-12(2)20-17-7-5-4-6-15(14)17/h4-7,10,20H,8-9H2,1-3H3,(H,19,21). The van der Waals surface area contributed by atoms with E-state index in [9.17, 15) is 4.79 Å². The number of H-pyrrole nitrogens is 1. The van der Waals surface area contributed by atoms with Crippen molar-refractivity contribution in [3.63, 3.8) is 0 Å². The maximum Gasteiger partial charge on any atom is 0.254 e. The molecule has 2 aromatic heterocycles. The number of furan rings is 1. The molecule has 3 aromatic rings. The number of aryl methyl sites for hydroxylation is 3. The first-order valence-electron chi connectivity index (χ1n) is 7.47. The molecule has 0 aliphatic rings. The molecular weight excluding hydrogens is 276 g/mol. The molecule has 0 unspecified atom stereocenters. The largest absolute Gasteiger partial charge is 0.466 e. The van der Waals surface area contributed by atoms with Crippen LogP contribution in [0.1, 0.15) is 33.1 Å². The van der Waals surface area contributed by atoms with Crippen LogP contribution in [0.5, 0.6) is 0 Å². The Kier molecular flexibility index (Phi) is 3.75. The van der Waals surface area contributed by atoms with Crippen molar-refractivity contribution >= 4 is 16.8 Å². The summed E-state index contributed by atoms with van der Waals surface area (Å²) in [5.74, 6) is 1.35. The molecule has 0 atom stereocenters. The second-order valence-corrected chi connectivity index (χ2v) is 5.61. The van der Waals surface area contributed by atoms with E-state index in [0.29, 0.717) is 17.9 Å². The van der Waals surface area contributed by atoms with Crippen LogP contribution in [0.15, 0.2) is 34.7 Å². The maximum absolute atomic E-state index is 12.2. The number of benzene rings is 1. The van der Waals surface area contributed by atoms with Gasteiger partial charge in [0, 0.05) is 23.1 Å². The fraction of sp³-hybridized carbons (Fsp3) is 0.278. The van der Waals surface area contributed by atoms with Gasteiger partial charge in [0.15, 0.2) is 0 Å². The number of hydrogen-bond acceptors (Lipinski definition) is 2. The lowest BCUT2D eigenvalue weighted by molar-refractivity contribution is 0.0952. The van der Waals surface area contributed by atoms with Crippen LogP contribution in [-0.2, 0) is 6.42 Å². The number of amides is 1. The van der Waals surface area contributed by atoms with E-state index >= 15 is 0 Å². The smallest absolute Gasteiger partial charge is 0.254 e. The first-order valence-corrected chi connectivity index (χ1v) is 7.47. The van der Waals surface area contributed by atoms with Crippen molar-refractivity contribution in [1.29, 1.82) is 0 Å². The van der Waals surface area contributed by atoms with E-state index in [-0.39, 0.29) is 5.91 Å². The lowest BCUT2D eigenvalue weighted by Gasteiger charge is -2.05. The number of fused-ring (bicyclic) bond motifs is 1. The molecule has 3 rings (SSSR count). The van der Waals surface area contributed by atoms with Crippen LogP contribution in [0, 0.1) is 20.8 Å². The lowest BCUT2D eigenvalue weighted by atomic mass is 10.1. The Hall–Kier alpha value is -2.49. The van der Waals surface area contributed by atoms with Crippen molar-refractivity contribution in [2.45, 2.75) is 27.2 Å². The Balaban J connectivity index is 1.69. The van der Waals surface area contributed by atoms with Crippen molar-refractivity contribution in [3.05, 3.63) is 58.7 Å². The molecule has 4 heteroatoms. The van der Waals surface area contributed by atoms with Gasteiger partial charge in [0.1, 0.15) is 11.5 Å².